The molecule has 0 fully saturated rings. The molecule has 0 aliphatic rings. The first-order valence-electron chi connectivity index (χ1n) is 6.10. The van der Waals surface area contributed by atoms with E-state index in [1.54, 1.807) is 31.2 Å². The van der Waals surface area contributed by atoms with Gasteiger partial charge in [-0.1, -0.05) is 23.7 Å². The maximum Gasteiger partial charge on any atom is 0.326 e. The topological polar surface area (TPSA) is 98.7 Å². The zero-order chi connectivity index (χ0) is 15.1. The second kappa shape index (κ2) is 7.72. The second-order valence-corrected chi connectivity index (χ2v) is 4.73. The van der Waals surface area contributed by atoms with E-state index in [4.69, 9.17) is 21.8 Å². The number of amides is 2. The second-order valence-electron chi connectivity index (χ2n) is 4.29. The summed E-state index contributed by atoms with van der Waals surface area (Å²) in [5.74, 6) is -1.19. The fourth-order valence-electron chi connectivity index (χ4n) is 1.62. The Labute approximate surface area is 121 Å². The number of carboxylic acids is 1. The summed E-state index contributed by atoms with van der Waals surface area (Å²) in [6.45, 7) is 1.45. The van der Waals surface area contributed by atoms with Crippen molar-refractivity contribution in [2.24, 2.45) is 0 Å². The van der Waals surface area contributed by atoms with Crippen LogP contribution in [0.1, 0.15) is 24.9 Å². The van der Waals surface area contributed by atoms with Crippen LogP contribution in [0.2, 0.25) is 5.02 Å². The van der Waals surface area contributed by atoms with Gasteiger partial charge in [0.2, 0.25) is 0 Å². The Balaban J connectivity index is 2.56. The van der Waals surface area contributed by atoms with E-state index in [0.717, 1.165) is 5.56 Å². The van der Waals surface area contributed by atoms with Crippen LogP contribution >= 0.6 is 11.6 Å². The molecule has 20 heavy (non-hydrogen) atoms. The third kappa shape index (κ3) is 5.07. The SMILES string of the molecule is CC(NC(=O)NC(CCO)C(=O)O)c1ccc(Cl)cc1. The van der Waals surface area contributed by atoms with Gasteiger partial charge in [-0.05, 0) is 24.6 Å². The predicted octanol–water partition coefficient (Wildman–Crippen LogP) is 1.54. The highest BCUT2D eigenvalue weighted by atomic mass is 35.5. The molecule has 0 saturated carbocycles. The molecule has 0 spiro atoms. The maximum atomic E-state index is 11.7. The highest BCUT2D eigenvalue weighted by molar-refractivity contribution is 6.30. The molecule has 2 unspecified atom stereocenters. The van der Waals surface area contributed by atoms with Crippen molar-refractivity contribution < 1.29 is 19.8 Å². The number of aliphatic carboxylic acids is 1. The van der Waals surface area contributed by atoms with E-state index in [-0.39, 0.29) is 19.1 Å². The summed E-state index contributed by atoms with van der Waals surface area (Å²) < 4.78 is 0. The Morgan fingerprint density at radius 3 is 2.35 bits per heavy atom. The van der Waals surface area contributed by atoms with E-state index in [1.165, 1.54) is 0 Å². The molecular formula is C13H17ClN2O4. The fourth-order valence-corrected chi connectivity index (χ4v) is 1.74. The minimum atomic E-state index is -1.19. The molecule has 2 atom stereocenters. The van der Waals surface area contributed by atoms with E-state index in [9.17, 15) is 9.59 Å². The maximum absolute atomic E-state index is 11.7. The third-order valence-corrected chi connectivity index (χ3v) is 2.99. The van der Waals surface area contributed by atoms with Crippen LogP contribution in [-0.4, -0.2) is 34.9 Å². The lowest BCUT2D eigenvalue weighted by Gasteiger charge is -2.18. The molecule has 0 aliphatic carbocycles. The summed E-state index contributed by atoms with van der Waals surface area (Å²) in [4.78, 5) is 22.5. The van der Waals surface area contributed by atoms with E-state index in [1.807, 2.05) is 0 Å². The Morgan fingerprint density at radius 2 is 1.85 bits per heavy atom. The van der Waals surface area contributed by atoms with E-state index in [2.05, 4.69) is 10.6 Å². The molecular weight excluding hydrogens is 284 g/mol. The van der Waals surface area contributed by atoms with Crippen LogP contribution in [0.4, 0.5) is 4.79 Å². The highest BCUT2D eigenvalue weighted by Crippen LogP contribution is 2.15. The van der Waals surface area contributed by atoms with Gasteiger partial charge in [-0.3, -0.25) is 0 Å². The number of carbonyl (C=O) groups excluding carboxylic acids is 1. The van der Waals surface area contributed by atoms with Crippen LogP contribution < -0.4 is 10.6 Å². The van der Waals surface area contributed by atoms with E-state index >= 15 is 0 Å². The number of aliphatic hydroxyl groups is 1. The first kappa shape index (κ1) is 16.3. The summed E-state index contributed by atoms with van der Waals surface area (Å²) >= 11 is 5.77. The average molecular weight is 301 g/mol. The lowest BCUT2D eigenvalue weighted by atomic mass is 10.1. The van der Waals surface area contributed by atoms with Gasteiger partial charge in [-0.25, -0.2) is 9.59 Å². The molecule has 1 aromatic carbocycles. The van der Waals surface area contributed by atoms with E-state index in [0.29, 0.717) is 5.02 Å². The molecule has 0 bridgehead atoms. The minimum absolute atomic E-state index is 0.0436. The van der Waals surface area contributed by atoms with Gasteiger partial charge < -0.3 is 20.8 Å². The number of carboxylic acid groups (broad SMARTS) is 1. The molecule has 1 aromatic rings. The monoisotopic (exact) mass is 300 g/mol. The molecule has 0 radical (unpaired) electrons. The number of benzene rings is 1. The smallest absolute Gasteiger partial charge is 0.326 e. The lowest BCUT2D eigenvalue weighted by Crippen LogP contribution is -2.47. The molecule has 6 nitrogen and oxygen atoms in total. The molecule has 1 rings (SSSR count). The molecule has 7 heteroatoms. The van der Waals surface area contributed by atoms with Crippen molar-refractivity contribution in [2.45, 2.75) is 25.4 Å². The normalized spacial score (nSPS) is 13.3. The first-order chi connectivity index (χ1) is 9.43. The van der Waals surface area contributed by atoms with Gasteiger partial charge in [-0.2, -0.15) is 0 Å². The van der Waals surface area contributed by atoms with Crippen LogP contribution in [0.25, 0.3) is 0 Å². The fraction of sp³-hybridized carbons (Fsp3) is 0.385. The summed E-state index contributed by atoms with van der Waals surface area (Å²) in [6, 6.07) is 4.95. The molecule has 2 amide bonds. The van der Waals surface area contributed by atoms with Crippen LogP contribution in [0.5, 0.6) is 0 Å². The number of halogens is 1. The van der Waals surface area contributed by atoms with Gasteiger partial charge in [-0.15, -0.1) is 0 Å². The molecule has 110 valence electrons. The molecule has 0 aromatic heterocycles. The molecule has 0 heterocycles. The molecule has 4 N–H and O–H groups in total. The number of hydrogen-bond acceptors (Lipinski definition) is 3. The number of rotatable bonds is 6. The zero-order valence-corrected chi connectivity index (χ0v) is 11.7. The van der Waals surface area contributed by atoms with Crippen molar-refractivity contribution in [3.05, 3.63) is 34.9 Å². The van der Waals surface area contributed by atoms with Crippen LogP contribution in [0, 0.1) is 0 Å². The third-order valence-electron chi connectivity index (χ3n) is 2.74. The van der Waals surface area contributed by atoms with Gasteiger partial charge in [0.25, 0.3) is 0 Å². The van der Waals surface area contributed by atoms with Crippen LogP contribution in [-0.2, 0) is 4.79 Å². The standard InChI is InChI=1S/C13H17ClN2O4/c1-8(9-2-4-10(14)5-3-9)15-13(20)16-11(6-7-17)12(18)19/h2-5,8,11,17H,6-7H2,1H3,(H,18,19)(H2,15,16,20). The average Bonchev–Trinajstić information content (AvgIpc) is 2.38. The van der Waals surface area contributed by atoms with Gasteiger partial charge in [0, 0.05) is 18.1 Å². The van der Waals surface area contributed by atoms with Crippen LogP contribution in [0.3, 0.4) is 0 Å². The Hall–Kier alpha value is -1.79. The lowest BCUT2D eigenvalue weighted by molar-refractivity contribution is -0.139. The number of carbonyl (C=O) groups is 2. The zero-order valence-electron chi connectivity index (χ0n) is 11.0. The predicted molar refractivity (Wildman–Crippen MR) is 74.7 cm³/mol. The summed E-state index contributed by atoms with van der Waals surface area (Å²) in [7, 11) is 0. The Kier molecular flexibility index (Phi) is 6.27. The van der Waals surface area contributed by atoms with Gasteiger partial charge in [0.1, 0.15) is 6.04 Å². The largest absolute Gasteiger partial charge is 0.480 e. The van der Waals surface area contributed by atoms with Crippen molar-refractivity contribution in [1.82, 2.24) is 10.6 Å². The van der Waals surface area contributed by atoms with Crippen molar-refractivity contribution in [1.29, 1.82) is 0 Å². The first-order valence-corrected chi connectivity index (χ1v) is 6.48. The van der Waals surface area contributed by atoms with Crippen molar-refractivity contribution in [3.8, 4) is 0 Å². The van der Waals surface area contributed by atoms with E-state index < -0.39 is 18.0 Å². The molecule has 0 aliphatic heterocycles. The van der Waals surface area contributed by atoms with Gasteiger partial charge in [0.15, 0.2) is 0 Å². The van der Waals surface area contributed by atoms with Crippen molar-refractivity contribution >= 4 is 23.6 Å². The summed E-state index contributed by atoms with van der Waals surface area (Å²) in [5.41, 5.74) is 0.846. The number of nitrogens with one attached hydrogen (secondary N) is 2. The minimum Gasteiger partial charge on any atom is -0.480 e. The van der Waals surface area contributed by atoms with Crippen LogP contribution in [0.15, 0.2) is 24.3 Å². The summed E-state index contributed by atoms with van der Waals surface area (Å²) in [5, 5.41) is 23.1. The number of hydrogen-bond donors (Lipinski definition) is 4. The quantitative estimate of drug-likeness (QED) is 0.640. The highest BCUT2D eigenvalue weighted by Gasteiger charge is 2.20. The Morgan fingerprint density at radius 1 is 1.25 bits per heavy atom. The van der Waals surface area contributed by atoms with Gasteiger partial charge >= 0.3 is 12.0 Å². The Bertz CT molecular complexity index is 464. The van der Waals surface area contributed by atoms with Crippen molar-refractivity contribution in [2.75, 3.05) is 6.61 Å². The number of aliphatic hydroxyl groups excluding tert-OH is 1. The van der Waals surface area contributed by atoms with Gasteiger partial charge in [0.05, 0.1) is 6.04 Å². The van der Waals surface area contributed by atoms with Crippen molar-refractivity contribution in [3.63, 3.8) is 0 Å². The molecule has 0 saturated heterocycles. The summed E-state index contributed by atoms with van der Waals surface area (Å²) in [6.07, 6.45) is -0.0436. The number of urea groups is 1.